The van der Waals surface area contributed by atoms with Crippen molar-refractivity contribution >= 4 is 5.91 Å². The van der Waals surface area contributed by atoms with Gasteiger partial charge in [0, 0.05) is 0 Å². The first-order valence-electron chi connectivity index (χ1n) is 9.95. The van der Waals surface area contributed by atoms with Crippen LogP contribution >= 0.6 is 0 Å². The molecule has 2 aromatic rings. The van der Waals surface area contributed by atoms with Crippen molar-refractivity contribution in [1.82, 2.24) is 5.32 Å². The molecule has 2 rings (SSSR count). The molecule has 0 radical (unpaired) electrons. The quantitative estimate of drug-likeness (QED) is 0.656. The standard InChI is InChI=1S/C24H33NO3/c1-7-22(28-21-11-8-17(2)18(3)16-21)23(26)25-14-15-27-20-12-9-19(10-13-20)24(4,5)6/h8-13,16,22H,7,14-15H2,1-6H3,(H,25,26)/t22-/m1/s1. The number of nitrogens with one attached hydrogen (secondary N) is 1. The Morgan fingerprint density at radius 1 is 1.00 bits per heavy atom. The Morgan fingerprint density at radius 2 is 1.64 bits per heavy atom. The van der Waals surface area contributed by atoms with Crippen molar-refractivity contribution in [3.63, 3.8) is 0 Å². The summed E-state index contributed by atoms with van der Waals surface area (Å²) in [5.41, 5.74) is 3.75. The van der Waals surface area contributed by atoms with E-state index in [1.54, 1.807) is 0 Å². The van der Waals surface area contributed by atoms with E-state index < -0.39 is 6.10 Å². The van der Waals surface area contributed by atoms with Crippen LogP contribution in [0.3, 0.4) is 0 Å². The summed E-state index contributed by atoms with van der Waals surface area (Å²) in [7, 11) is 0. The van der Waals surface area contributed by atoms with Gasteiger partial charge in [-0.25, -0.2) is 0 Å². The van der Waals surface area contributed by atoms with E-state index >= 15 is 0 Å². The average molecular weight is 384 g/mol. The van der Waals surface area contributed by atoms with Crippen molar-refractivity contribution in [3.05, 3.63) is 59.2 Å². The van der Waals surface area contributed by atoms with Crippen LogP contribution in [-0.4, -0.2) is 25.2 Å². The summed E-state index contributed by atoms with van der Waals surface area (Å²) in [5.74, 6) is 1.41. The van der Waals surface area contributed by atoms with Crippen molar-refractivity contribution in [2.45, 2.75) is 59.5 Å². The highest BCUT2D eigenvalue weighted by Crippen LogP contribution is 2.24. The highest BCUT2D eigenvalue weighted by Gasteiger charge is 2.18. The fraction of sp³-hybridized carbons (Fsp3) is 0.458. The number of rotatable bonds is 8. The van der Waals surface area contributed by atoms with Gasteiger partial charge in [0.1, 0.15) is 18.1 Å². The van der Waals surface area contributed by atoms with E-state index in [1.807, 2.05) is 44.2 Å². The smallest absolute Gasteiger partial charge is 0.261 e. The van der Waals surface area contributed by atoms with Crippen LogP contribution in [0.25, 0.3) is 0 Å². The zero-order valence-corrected chi connectivity index (χ0v) is 18.0. The average Bonchev–Trinajstić information content (AvgIpc) is 2.65. The van der Waals surface area contributed by atoms with Gasteiger partial charge >= 0.3 is 0 Å². The summed E-state index contributed by atoms with van der Waals surface area (Å²) in [6, 6.07) is 14.0. The molecule has 1 amide bonds. The van der Waals surface area contributed by atoms with Crippen molar-refractivity contribution < 1.29 is 14.3 Å². The molecular formula is C24H33NO3. The van der Waals surface area contributed by atoms with Gasteiger partial charge in [0.25, 0.3) is 5.91 Å². The minimum absolute atomic E-state index is 0.118. The maximum atomic E-state index is 12.4. The van der Waals surface area contributed by atoms with Crippen LogP contribution < -0.4 is 14.8 Å². The number of hydrogen-bond donors (Lipinski definition) is 1. The molecular weight excluding hydrogens is 350 g/mol. The minimum Gasteiger partial charge on any atom is -0.492 e. The first-order valence-corrected chi connectivity index (χ1v) is 9.95. The van der Waals surface area contributed by atoms with Crippen molar-refractivity contribution in [1.29, 1.82) is 0 Å². The van der Waals surface area contributed by atoms with Gasteiger partial charge in [0.05, 0.1) is 6.54 Å². The predicted molar refractivity (Wildman–Crippen MR) is 114 cm³/mol. The number of carbonyl (C=O) groups is 1. The molecule has 4 heteroatoms. The van der Waals surface area contributed by atoms with Crippen LogP contribution in [0.1, 0.15) is 50.8 Å². The number of hydrogen-bond acceptors (Lipinski definition) is 3. The lowest BCUT2D eigenvalue weighted by atomic mass is 9.87. The van der Waals surface area contributed by atoms with Gasteiger partial charge in [-0.1, -0.05) is 45.9 Å². The van der Waals surface area contributed by atoms with Crippen LogP contribution in [-0.2, 0) is 10.2 Å². The molecule has 4 nitrogen and oxygen atoms in total. The molecule has 0 aliphatic rings. The molecule has 0 aromatic heterocycles. The van der Waals surface area contributed by atoms with Gasteiger partial charge in [0.2, 0.25) is 0 Å². The molecule has 0 saturated heterocycles. The monoisotopic (exact) mass is 383 g/mol. The van der Waals surface area contributed by atoms with Crippen LogP contribution in [0.4, 0.5) is 0 Å². The third kappa shape index (κ3) is 6.29. The molecule has 152 valence electrons. The summed E-state index contributed by atoms with van der Waals surface area (Å²) in [4.78, 5) is 12.4. The summed E-state index contributed by atoms with van der Waals surface area (Å²) in [5, 5.41) is 2.90. The van der Waals surface area contributed by atoms with Gasteiger partial charge in [0.15, 0.2) is 6.10 Å². The molecule has 28 heavy (non-hydrogen) atoms. The fourth-order valence-corrected chi connectivity index (χ4v) is 2.78. The fourth-order valence-electron chi connectivity index (χ4n) is 2.78. The molecule has 0 aliphatic carbocycles. The largest absolute Gasteiger partial charge is 0.492 e. The van der Waals surface area contributed by atoms with E-state index in [9.17, 15) is 4.79 Å². The molecule has 0 aliphatic heterocycles. The molecule has 0 fully saturated rings. The topological polar surface area (TPSA) is 47.6 Å². The van der Waals surface area contributed by atoms with Crippen molar-refractivity contribution in [2.75, 3.05) is 13.2 Å². The van der Waals surface area contributed by atoms with Crippen molar-refractivity contribution in [2.24, 2.45) is 0 Å². The van der Waals surface area contributed by atoms with Gasteiger partial charge in [-0.05, 0) is 66.6 Å². The molecule has 2 aromatic carbocycles. The molecule has 0 heterocycles. The number of aryl methyl sites for hydroxylation is 2. The second-order valence-electron chi connectivity index (χ2n) is 8.17. The molecule has 0 spiro atoms. The van der Waals surface area contributed by atoms with Gasteiger partial charge in [-0.2, -0.15) is 0 Å². The zero-order chi connectivity index (χ0) is 20.7. The zero-order valence-electron chi connectivity index (χ0n) is 18.0. The third-order valence-corrected chi connectivity index (χ3v) is 4.81. The first kappa shape index (κ1) is 21.8. The summed E-state index contributed by atoms with van der Waals surface area (Å²) in [6.45, 7) is 13.4. The van der Waals surface area contributed by atoms with E-state index in [-0.39, 0.29) is 11.3 Å². The van der Waals surface area contributed by atoms with Gasteiger partial charge < -0.3 is 14.8 Å². The van der Waals surface area contributed by atoms with Crippen LogP contribution in [0, 0.1) is 13.8 Å². The van der Waals surface area contributed by atoms with E-state index in [2.05, 4.69) is 45.1 Å². The van der Waals surface area contributed by atoms with Crippen LogP contribution in [0.5, 0.6) is 11.5 Å². The van der Waals surface area contributed by atoms with E-state index in [0.717, 1.165) is 17.1 Å². The Bertz CT molecular complexity index is 775. The first-order chi connectivity index (χ1) is 13.2. The van der Waals surface area contributed by atoms with Crippen LogP contribution in [0.2, 0.25) is 0 Å². The highest BCUT2D eigenvalue weighted by molar-refractivity contribution is 5.81. The molecule has 1 N–H and O–H groups in total. The summed E-state index contributed by atoms with van der Waals surface area (Å²) in [6.07, 6.45) is 0.0987. The normalized spacial score (nSPS) is 12.4. The van der Waals surface area contributed by atoms with Crippen LogP contribution in [0.15, 0.2) is 42.5 Å². The van der Waals surface area contributed by atoms with Gasteiger partial charge in [-0.3, -0.25) is 4.79 Å². The molecule has 0 saturated carbocycles. The highest BCUT2D eigenvalue weighted by atomic mass is 16.5. The number of ether oxygens (including phenoxy) is 2. The summed E-state index contributed by atoms with van der Waals surface area (Å²) < 4.78 is 11.6. The van der Waals surface area contributed by atoms with E-state index in [1.165, 1.54) is 11.1 Å². The number of amides is 1. The number of carbonyl (C=O) groups excluding carboxylic acids is 1. The minimum atomic E-state index is -0.506. The van der Waals surface area contributed by atoms with E-state index in [0.29, 0.717) is 19.6 Å². The lowest BCUT2D eigenvalue weighted by Gasteiger charge is -2.19. The Labute approximate surface area is 169 Å². The molecule has 0 unspecified atom stereocenters. The maximum absolute atomic E-state index is 12.4. The SMILES string of the molecule is CC[C@@H](Oc1ccc(C)c(C)c1)C(=O)NCCOc1ccc(C(C)(C)C)cc1. The third-order valence-electron chi connectivity index (χ3n) is 4.81. The lowest BCUT2D eigenvalue weighted by molar-refractivity contribution is -0.128. The second kappa shape index (κ2) is 9.63. The molecule has 1 atom stereocenters. The Kier molecular flexibility index (Phi) is 7.50. The Hall–Kier alpha value is -2.49. The van der Waals surface area contributed by atoms with Gasteiger partial charge in [-0.15, -0.1) is 0 Å². The van der Waals surface area contributed by atoms with E-state index in [4.69, 9.17) is 9.47 Å². The Morgan fingerprint density at radius 3 is 2.21 bits per heavy atom. The molecule has 0 bridgehead atoms. The predicted octanol–water partition coefficient (Wildman–Crippen LogP) is 4.95. The summed E-state index contributed by atoms with van der Waals surface area (Å²) >= 11 is 0. The maximum Gasteiger partial charge on any atom is 0.261 e. The van der Waals surface area contributed by atoms with Crippen molar-refractivity contribution in [3.8, 4) is 11.5 Å². The Balaban J connectivity index is 1.79. The lowest BCUT2D eigenvalue weighted by Crippen LogP contribution is -2.39. The number of benzene rings is 2. The second-order valence-corrected chi connectivity index (χ2v) is 8.17.